The average Bonchev–Trinajstić information content (AvgIpc) is 3.90. The Morgan fingerprint density at radius 3 is 1.53 bits per heavy atom. The molecule has 0 saturated heterocycles. The number of aromatic nitrogens is 2. The van der Waals surface area contributed by atoms with Gasteiger partial charge in [-0.25, -0.2) is 0 Å². The lowest BCUT2D eigenvalue weighted by atomic mass is 9.73. The number of nitrogens with zero attached hydrogens (tertiary/aromatic N) is 2. The van der Waals surface area contributed by atoms with Crippen molar-refractivity contribution in [2.45, 2.75) is 75.3 Å². The Morgan fingerprint density at radius 2 is 1.05 bits per heavy atom. The van der Waals surface area contributed by atoms with Gasteiger partial charge in [0.2, 0.25) is 0 Å². The fourth-order valence-electron chi connectivity index (χ4n) is 8.96. The van der Waals surface area contributed by atoms with Crippen LogP contribution in [0.4, 0.5) is 0 Å². The number of benzene rings is 2. The fraction of sp³-hybridized carbons (Fsp3) is 0.318. The smallest absolute Gasteiger partial charge is 0.322 e. The monoisotopic (exact) mass is 856 g/mol. The first-order valence-electron chi connectivity index (χ1n) is 19.6. The van der Waals surface area contributed by atoms with Gasteiger partial charge in [-0.3, -0.25) is 28.8 Å². The molecule has 2 fully saturated rings. The average molecular weight is 858 g/mol. The van der Waals surface area contributed by atoms with E-state index in [-0.39, 0.29) is 11.1 Å². The van der Waals surface area contributed by atoms with Crippen molar-refractivity contribution in [2.24, 2.45) is 0 Å². The second-order valence-electron chi connectivity index (χ2n) is 15.4. The number of amides is 2. The zero-order valence-electron chi connectivity index (χ0n) is 32.3. The van der Waals surface area contributed by atoms with Crippen molar-refractivity contribution in [2.75, 3.05) is 13.1 Å². The van der Waals surface area contributed by atoms with Gasteiger partial charge in [0, 0.05) is 33.6 Å². The highest BCUT2D eigenvalue weighted by Crippen LogP contribution is 2.48. The van der Waals surface area contributed by atoms with Crippen LogP contribution in [0, 0.1) is 0 Å². The van der Waals surface area contributed by atoms with Crippen LogP contribution in [0.2, 0.25) is 10.0 Å². The van der Waals surface area contributed by atoms with Gasteiger partial charge >= 0.3 is 11.9 Å². The number of fused-ring (bicyclic) bond motifs is 4. The third kappa shape index (κ3) is 7.61. The van der Waals surface area contributed by atoms with Crippen LogP contribution in [0.5, 0.6) is 0 Å². The number of aliphatic carboxylic acids is 2. The lowest BCUT2D eigenvalue weighted by molar-refractivity contribution is -0.138. The standard InChI is InChI=1S/2C22H21ClN2O5/c23-14-6-4-13(5-7-14)15-8-11-25-18(15)19(28)17(21(30)24-12-16(26)27)20(29)22(25)9-2-1-3-10-22;23-15-6-4-13(5-7-15)14-10-16-19(28)18(21(30)24-11-17(26)27)20(29)22(25(16)12-14)8-2-1-3-9-22/h4-8,11,28H,1-3,9-10,12H2,(H,24,30)(H,26,27);4-7,10,12,28H,1-3,8-9,11H2,(H,24,30)(H,26,27). The minimum Gasteiger partial charge on any atom is -0.505 e. The lowest BCUT2D eigenvalue weighted by Gasteiger charge is -2.41. The van der Waals surface area contributed by atoms with Gasteiger partial charge in [-0.05, 0) is 73.2 Å². The number of carbonyl (C=O) groups excluding carboxylic acids is 4. The van der Waals surface area contributed by atoms with E-state index in [0.717, 1.165) is 55.2 Å². The molecule has 2 spiro atoms. The molecule has 2 aliphatic heterocycles. The predicted molar refractivity (Wildman–Crippen MR) is 222 cm³/mol. The molecular weight excluding hydrogens is 815 g/mol. The van der Waals surface area contributed by atoms with Gasteiger partial charge in [0.1, 0.15) is 35.3 Å². The Hall–Kier alpha value is -6.12. The predicted octanol–water partition coefficient (Wildman–Crippen LogP) is 7.04. The molecule has 4 aliphatic rings. The van der Waals surface area contributed by atoms with Crippen LogP contribution in [-0.2, 0) is 39.8 Å². The number of nitrogens with one attached hydrogen (secondary N) is 2. The number of aliphatic hydroxyl groups excluding tert-OH is 2. The zero-order valence-corrected chi connectivity index (χ0v) is 33.8. The fourth-order valence-corrected chi connectivity index (χ4v) is 9.21. The van der Waals surface area contributed by atoms with E-state index in [9.17, 15) is 39.0 Å². The van der Waals surface area contributed by atoms with Crippen molar-refractivity contribution in [3.05, 3.63) is 106 Å². The van der Waals surface area contributed by atoms with Crippen molar-refractivity contribution in [1.82, 2.24) is 19.8 Å². The van der Waals surface area contributed by atoms with Gasteiger partial charge in [0.25, 0.3) is 11.8 Å². The SMILES string of the molecule is O=C(O)CNC(=O)C1=C(O)c2c(-c3ccc(Cl)cc3)ccn2C2(CCCCC2)C1=O.O=C(O)CNC(=O)C1=C(O)c2cc(-c3ccc(Cl)cc3)cn2C2(CCCCC2)C1=O. The second kappa shape index (κ2) is 16.9. The maximum atomic E-state index is 13.5. The summed E-state index contributed by atoms with van der Waals surface area (Å²) in [5, 5.41) is 45.2. The van der Waals surface area contributed by atoms with E-state index >= 15 is 0 Å². The van der Waals surface area contributed by atoms with Gasteiger partial charge < -0.3 is 40.2 Å². The van der Waals surface area contributed by atoms with Gasteiger partial charge in [-0.2, -0.15) is 0 Å². The highest BCUT2D eigenvalue weighted by atomic mass is 35.5. The number of ketones is 2. The van der Waals surface area contributed by atoms with Gasteiger partial charge in [0.05, 0.1) is 11.4 Å². The number of rotatable bonds is 8. The molecule has 16 heteroatoms. The summed E-state index contributed by atoms with van der Waals surface area (Å²) in [4.78, 5) is 74.1. The Labute approximate surface area is 354 Å². The van der Waals surface area contributed by atoms with E-state index in [1.54, 1.807) is 57.8 Å². The van der Waals surface area contributed by atoms with E-state index < -0.39 is 71.0 Å². The Balaban J connectivity index is 0.000000181. The number of Topliss-reactive ketones (excluding diaryl/α,β-unsaturated/α-hetero) is 2. The molecule has 2 aromatic heterocycles. The Bertz CT molecular complexity index is 2450. The number of carboxylic acids is 2. The van der Waals surface area contributed by atoms with Crippen LogP contribution in [-0.4, -0.2) is 78.0 Å². The Kier molecular flexibility index (Phi) is 11.8. The molecule has 0 radical (unpaired) electrons. The summed E-state index contributed by atoms with van der Waals surface area (Å²) in [5.74, 6) is -6.00. The molecule has 312 valence electrons. The molecule has 2 saturated carbocycles. The maximum Gasteiger partial charge on any atom is 0.322 e. The maximum absolute atomic E-state index is 13.5. The van der Waals surface area contributed by atoms with Crippen LogP contribution in [0.3, 0.4) is 0 Å². The highest BCUT2D eigenvalue weighted by molar-refractivity contribution is 6.31. The summed E-state index contributed by atoms with van der Waals surface area (Å²) in [6.07, 6.45) is 11.1. The summed E-state index contributed by atoms with van der Waals surface area (Å²) in [5.41, 5.74) is 1.21. The highest BCUT2D eigenvalue weighted by Gasteiger charge is 2.51. The third-order valence-electron chi connectivity index (χ3n) is 11.8. The molecule has 60 heavy (non-hydrogen) atoms. The summed E-state index contributed by atoms with van der Waals surface area (Å²) >= 11 is 12.0. The van der Waals surface area contributed by atoms with Gasteiger partial charge in [-0.15, -0.1) is 0 Å². The molecule has 0 unspecified atom stereocenters. The van der Waals surface area contributed by atoms with Crippen molar-refractivity contribution in [3.63, 3.8) is 0 Å². The summed E-state index contributed by atoms with van der Waals surface area (Å²) < 4.78 is 3.59. The number of hydrogen-bond acceptors (Lipinski definition) is 8. The first kappa shape index (κ1) is 42.0. The van der Waals surface area contributed by atoms with Crippen LogP contribution >= 0.6 is 23.2 Å². The van der Waals surface area contributed by atoms with Crippen molar-refractivity contribution in [1.29, 1.82) is 0 Å². The summed E-state index contributed by atoms with van der Waals surface area (Å²) in [6.45, 7) is -1.27. The van der Waals surface area contributed by atoms with E-state index in [1.165, 1.54) is 0 Å². The van der Waals surface area contributed by atoms with Gasteiger partial charge in [0.15, 0.2) is 23.1 Å². The van der Waals surface area contributed by atoms with Crippen LogP contribution in [0.25, 0.3) is 33.8 Å². The summed E-state index contributed by atoms with van der Waals surface area (Å²) in [7, 11) is 0. The normalized spacial score (nSPS) is 17.7. The number of aliphatic hydroxyl groups is 2. The van der Waals surface area contributed by atoms with Crippen LogP contribution in [0.15, 0.2) is 84.2 Å². The molecule has 2 aliphatic carbocycles. The minimum absolute atomic E-state index is 0.369. The molecular formula is C44H42Cl2N4O10. The molecule has 2 aromatic carbocycles. The topological polar surface area (TPSA) is 217 Å². The van der Waals surface area contributed by atoms with E-state index in [0.29, 0.717) is 52.7 Å². The van der Waals surface area contributed by atoms with Crippen LogP contribution in [0.1, 0.15) is 75.6 Å². The summed E-state index contributed by atoms with van der Waals surface area (Å²) in [6, 6.07) is 17.8. The van der Waals surface area contributed by atoms with Crippen molar-refractivity contribution >= 4 is 70.0 Å². The quantitative estimate of drug-likeness (QED) is 0.0994. The first-order chi connectivity index (χ1) is 28.7. The Morgan fingerprint density at radius 1 is 0.600 bits per heavy atom. The van der Waals surface area contributed by atoms with E-state index in [4.69, 9.17) is 33.4 Å². The number of carboxylic acid groups (broad SMARTS) is 2. The third-order valence-corrected chi connectivity index (χ3v) is 12.3. The lowest BCUT2D eigenvalue weighted by Crippen LogP contribution is -2.50. The van der Waals surface area contributed by atoms with Crippen molar-refractivity contribution in [3.8, 4) is 22.3 Å². The molecule has 6 N–H and O–H groups in total. The molecule has 4 heterocycles. The molecule has 0 atom stereocenters. The van der Waals surface area contributed by atoms with E-state index in [2.05, 4.69) is 10.6 Å². The molecule has 14 nitrogen and oxygen atoms in total. The second-order valence-corrected chi connectivity index (χ2v) is 16.3. The largest absolute Gasteiger partial charge is 0.505 e. The first-order valence-corrected chi connectivity index (χ1v) is 20.4. The molecule has 8 rings (SSSR count). The van der Waals surface area contributed by atoms with E-state index in [1.807, 2.05) is 24.4 Å². The molecule has 0 bridgehead atoms. The van der Waals surface area contributed by atoms with Crippen LogP contribution < -0.4 is 10.6 Å². The zero-order chi connectivity index (χ0) is 42.9. The number of hydrogen-bond donors (Lipinski definition) is 6. The van der Waals surface area contributed by atoms with Crippen molar-refractivity contribution < 1.29 is 49.2 Å². The van der Waals surface area contributed by atoms with Gasteiger partial charge in [-0.1, -0.05) is 86.0 Å². The molecule has 4 aromatic rings. The molecule has 2 amide bonds. The number of halogens is 2. The number of carbonyl (C=O) groups is 6. The minimum atomic E-state index is -1.23.